The number of fused-ring (bicyclic) bond motifs is 3. The number of para-hydroxylation sites is 1. The molecule has 0 aromatic heterocycles. The predicted octanol–water partition coefficient (Wildman–Crippen LogP) is 10.1. The zero-order chi connectivity index (χ0) is 29.4. The van der Waals surface area contributed by atoms with Crippen molar-refractivity contribution in [2.45, 2.75) is 25.0 Å². The highest BCUT2D eigenvalue weighted by Gasteiger charge is 2.34. The van der Waals surface area contributed by atoms with Crippen LogP contribution in [0.3, 0.4) is 0 Å². The Bertz CT molecular complexity index is 2260. The highest BCUT2D eigenvalue weighted by atomic mass is 15.2. The molecule has 210 valence electrons. The van der Waals surface area contributed by atoms with Crippen LogP contribution in [0, 0.1) is 0 Å². The van der Waals surface area contributed by atoms with Crippen LogP contribution in [-0.4, -0.2) is 12.1 Å². The maximum atomic E-state index is 6.96. The Labute approximate surface area is 257 Å². The third-order valence-corrected chi connectivity index (χ3v) is 9.92. The van der Waals surface area contributed by atoms with Gasteiger partial charge >= 0.3 is 0 Å². The van der Waals surface area contributed by atoms with Gasteiger partial charge in [-0.25, -0.2) is 0 Å². The van der Waals surface area contributed by atoms with Gasteiger partial charge in [0, 0.05) is 17.3 Å². The lowest BCUT2D eigenvalue weighted by atomic mass is 9.85. The van der Waals surface area contributed by atoms with Gasteiger partial charge < -0.3 is 10.6 Å². The van der Waals surface area contributed by atoms with Crippen molar-refractivity contribution in [1.82, 2.24) is 0 Å². The van der Waals surface area contributed by atoms with E-state index in [1.54, 1.807) is 0 Å². The van der Waals surface area contributed by atoms with Gasteiger partial charge in [0.05, 0.1) is 12.1 Å². The summed E-state index contributed by atoms with van der Waals surface area (Å²) >= 11 is 0. The van der Waals surface area contributed by atoms with Gasteiger partial charge in [-0.3, -0.25) is 0 Å². The minimum Gasteiger partial charge on any atom is -0.356 e. The molecule has 2 heteroatoms. The standard InChI is InChI=1S/C42H32N2/c1-26-33-9-2-3-10-35(33)36-11-4-5-12-39(36)44(26)40-24-21-32(25-38(40)43)27-13-15-28(16-14-27)34-22-19-31-18-17-29-7-6-8-30-20-23-37(34)42(31)41(29)30/h2-26,38,40H,43H2,1H3. The Morgan fingerprint density at radius 1 is 0.568 bits per heavy atom. The van der Waals surface area contributed by atoms with Gasteiger partial charge in [-0.05, 0) is 78.7 Å². The smallest absolute Gasteiger partial charge is 0.0670 e. The molecule has 7 aromatic carbocycles. The first-order chi connectivity index (χ1) is 21.7. The molecule has 0 bridgehead atoms. The van der Waals surface area contributed by atoms with E-state index in [-0.39, 0.29) is 18.1 Å². The van der Waals surface area contributed by atoms with E-state index < -0.39 is 0 Å². The second kappa shape index (κ2) is 9.67. The molecule has 1 aliphatic carbocycles. The quantitative estimate of drug-likeness (QED) is 0.216. The Hall–Kier alpha value is -5.18. The third-order valence-electron chi connectivity index (χ3n) is 9.92. The summed E-state index contributed by atoms with van der Waals surface area (Å²) in [6.07, 6.45) is 6.80. The monoisotopic (exact) mass is 564 g/mol. The van der Waals surface area contributed by atoms with Crippen molar-refractivity contribution >= 4 is 43.6 Å². The van der Waals surface area contributed by atoms with Crippen LogP contribution >= 0.6 is 0 Å². The molecule has 44 heavy (non-hydrogen) atoms. The number of hydrogen-bond acceptors (Lipinski definition) is 2. The largest absolute Gasteiger partial charge is 0.356 e. The van der Waals surface area contributed by atoms with Gasteiger partial charge in [0.15, 0.2) is 0 Å². The second-order valence-electron chi connectivity index (χ2n) is 12.3. The highest BCUT2D eigenvalue weighted by molar-refractivity contribution is 6.25. The number of allylic oxidation sites excluding steroid dienone is 2. The molecule has 0 amide bonds. The minimum absolute atomic E-state index is 0.0692. The molecule has 7 aromatic rings. The molecule has 0 saturated heterocycles. The Morgan fingerprint density at radius 3 is 2.02 bits per heavy atom. The molecule has 9 rings (SSSR count). The van der Waals surface area contributed by atoms with E-state index in [4.69, 9.17) is 5.73 Å². The fourth-order valence-electron chi connectivity index (χ4n) is 7.80. The summed E-state index contributed by atoms with van der Waals surface area (Å²) in [6, 6.07) is 46.8. The van der Waals surface area contributed by atoms with Gasteiger partial charge in [-0.1, -0.05) is 140 Å². The maximum absolute atomic E-state index is 6.96. The average Bonchev–Trinajstić information content (AvgIpc) is 3.08. The number of benzene rings is 7. The fourth-order valence-corrected chi connectivity index (χ4v) is 7.80. The number of nitrogens with two attached hydrogens (primary N) is 1. The first kappa shape index (κ1) is 25.3. The van der Waals surface area contributed by atoms with Gasteiger partial charge in [0.2, 0.25) is 0 Å². The van der Waals surface area contributed by atoms with E-state index in [9.17, 15) is 0 Å². The lowest BCUT2D eigenvalue weighted by Crippen LogP contribution is -2.49. The normalized spacial score (nSPS) is 19.4. The van der Waals surface area contributed by atoms with Crippen molar-refractivity contribution < 1.29 is 0 Å². The summed E-state index contributed by atoms with van der Waals surface area (Å²) in [6.45, 7) is 2.30. The maximum Gasteiger partial charge on any atom is 0.0670 e. The van der Waals surface area contributed by atoms with Crippen LogP contribution in [0.4, 0.5) is 5.69 Å². The molecule has 2 nitrogen and oxygen atoms in total. The molecule has 2 N–H and O–H groups in total. The van der Waals surface area contributed by atoms with Crippen molar-refractivity contribution in [1.29, 1.82) is 0 Å². The van der Waals surface area contributed by atoms with E-state index in [0.29, 0.717) is 0 Å². The number of anilines is 1. The zero-order valence-corrected chi connectivity index (χ0v) is 24.6. The van der Waals surface area contributed by atoms with Crippen LogP contribution in [-0.2, 0) is 0 Å². The number of nitrogens with zero attached hydrogens (tertiary/aromatic N) is 1. The lowest BCUT2D eigenvalue weighted by Gasteiger charge is -2.45. The number of rotatable bonds is 3. The molecule has 2 aliphatic rings. The lowest BCUT2D eigenvalue weighted by molar-refractivity contribution is 0.555. The molecule has 0 radical (unpaired) electrons. The van der Waals surface area contributed by atoms with Crippen molar-refractivity contribution in [2.75, 3.05) is 4.90 Å². The molecular weight excluding hydrogens is 532 g/mol. The van der Waals surface area contributed by atoms with E-state index in [0.717, 1.165) is 0 Å². The summed E-state index contributed by atoms with van der Waals surface area (Å²) in [4.78, 5) is 2.50. The average molecular weight is 565 g/mol. The van der Waals surface area contributed by atoms with Crippen molar-refractivity contribution in [3.8, 4) is 22.3 Å². The second-order valence-corrected chi connectivity index (χ2v) is 12.3. The summed E-state index contributed by atoms with van der Waals surface area (Å²) in [5, 5.41) is 7.90. The molecule has 1 heterocycles. The summed E-state index contributed by atoms with van der Waals surface area (Å²) < 4.78 is 0. The molecule has 1 aliphatic heterocycles. The molecule has 0 saturated carbocycles. The topological polar surface area (TPSA) is 29.3 Å². The molecule has 3 atom stereocenters. The van der Waals surface area contributed by atoms with Crippen LogP contribution in [0.5, 0.6) is 0 Å². The van der Waals surface area contributed by atoms with Gasteiger partial charge in [0.1, 0.15) is 0 Å². The summed E-state index contributed by atoms with van der Waals surface area (Å²) in [7, 11) is 0. The number of hydrogen-bond donors (Lipinski definition) is 1. The Kier molecular flexibility index (Phi) is 5.57. The van der Waals surface area contributed by atoms with Crippen LogP contribution in [0.15, 0.2) is 146 Å². The summed E-state index contributed by atoms with van der Waals surface area (Å²) in [5.74, 6) is 0. The predicted molar refractivity (Wildman–Crippen MR) is 187 cm³/mol. The minimum atomic E-state index is -0.131. The van der Waals surface area contributed by atoms with Crippen LogP contribution in [0.1, 0.15) is 24.1 Å². The van der Waals surface area contributed by atoms with Crippen molar-refractivity contribution in [3.63, 3.8) is 0 Å². The SMILES string of the molecule is CC1c2ccccc2-c2ccccc2N1C1C=CC(c2ccc(-c3ccc4ccc5cccc6ccc3c4c56)cc2)=CC1N. The Morgan fingerprint density at radius 2 is 1.23 bits per heavy atom. The molecular formula is C42H32N2. The van der Waals surface area contributed by atoms with Crippen LogP contribution in [0.2, 0.25) is 0 Å². The fraction of sp³-hybridized carbons (Fsp3) is 0.0952. The van der Waals surface area contributed by atoms with Crippen molar-refractivity contribution in [3.05, 3.63) is 157 Å². The third kappa shape index (κ3) is 3.71. The molecule has 0 spiro atoms. The molecule has 0 fully saturated rings. The van der Waals surface area contributed by atoms with E-state index in [2.05, 4.69) is 157 Å². The summed E-state index contributed by atoms with van der Waals surface area (Å²) in [5.41, 5.74) is 17.0. The Balaban J connectivity index is 1.04. The van der Waals surface area contributed by atoms with Crippen LogP contribution in [0.25, 0.3) is 60.1 Å². The first-order valence-corrected chi connectivity index (χ1v) is 15.6. The van der Waals surface area contributed by atoms with E-state index >= 15 is 0 Å². The van der Waals surface area contributed by atoms with E-state index in [1.807, 2.05) is 0 Å². The van der Waals surface area contributed by atoms with Gasteiger partial charge in [-0.15, -0.1) is 0 Å². The highest BCUT2D eigenvalue weighted by Crippen LogP contribution is 2.46. The van der Waals surface area contributed by atoms with Crippen LogP contribution < -0.4 is 10.6 Å². The van der Waals surface area contributed by atoms with E-state index in [1.165, 1.54) is 77.0 Å². The van der Waals surface area contributed by atoms with Gasteiger partial charge in [0.25, 0.3) is 0 Å². The van der Waals surface area contributed by atoms with Crippen molar-refractivity contribution in [2.24, 2.45) is 5.73 Å². The zero-order valence-electron chi connectivity index (χ0n) is 24.6. The van der Waals surface area contributed by atoms with Gasteiger partial charge in [-0.2, -0.15) is 0 Å². The molecule has 3 unspecified atom stereocenters. The first-order valence-electron chi connectivity index (χ1n) is 15.6.